The van der Waals surface area contributed by atoms with Crippen molar-refractivity contribution in [2.45, 2.75) is 18.5 Å². The van der Waals surface area contributed by atoms with Gasteiger partial charge in [0.05, 0.1) is 0 Å². The number of rotatable bonds is 4. The van der Waals surface area contributed by atoms with Gasteiger partial charge in [-0.25, -0.2) is 0 Å². The molecule has 22 heavy (non-hydrogen) atoms. The third kappa shape index (κ3) is 2.70. The number of hydrogen-bond donors (Lipinski definition) is 2. The topological polar surface area (TPSA) is 63.1 Å². The molecule has 0 unspecified atom stereocenters. The SMILES string of the molecule is CSC[C@@H]1NC(=O)[C@H](Cc2cn(C)c3ccccc23)NC1=O. The van der Waals surface area contributed by atoms with Crippen LogP contribution in [-0.2, 0) is 23.1 Å². The van der Waals surface area contributed by atoms with Gasteiger partial charge in [0.15, 0.2) is 0 Å². The minimum Gasteiger partial charge on any atom is -0.350 e. The summed E-state index contributed by atoms with van der Waals surface area (Å²) in [6.45, 7) is 0. The molecule has 1 aliphatic rings. The van der Waals surface area contributed by atoms with Crippen LogP contribution < -0.4 is 10.6 Å². The fraction of sp³-hybridized carbons (Fsp3) is 0.375. The van der Waals surface area contributed by atoms with E-state index in [-0.39, 0.29) is 11.8 Å². The van der Waals surface area contributed by atoms with Crippen LogP contribution in [-0.4, -0.2) is 40.5 Å². The first kappa shape index (κ1) is 15.0. The number of amides is 2. The number of fused-ring (bicyclic) bond motifs is 1. The summed E-state index contributed by atoms with van der Waals surface area (Å²) in [6.07, 6.45) is 4.45. The fourth-order valence-corrected chi connectivity index (χ4v) is 3.48. The summed E-state index contributed by atoms with van der Waals surface area (Å²) in [7, 11) is 1.99. The van der Waals surface area contributed by atoms with E-state index in [1.807, 2.05) is 48.3 Å². The highest BCUT2D eigenvalue weighted by atomic mass is 32.2. The van der Waals surface area contributed by atoms with Crippen molar-refractivity contribution in [3.63, 3.8) is 0 Å². The van der Waals surface area contributed by atoms with Crippen molar-refractivity contribution in [3.05, 3.63) is 36.0 Å². The third-order valence-corrected chi connectivity index (χ3v) is 4.67. The Morgan fingerprint density at radius 3 is 2.59 bits per heavy atom. The molecule has 2 atom stereocenters. The molecule has 2 N–H and O–H groups in total. The van der Waals surface area contributed by atoms with Crippen LogP contribution in [0.15, 0.2) is 30.5 Å². The zero-order valence-electron chi connectivity index (χ0n) is 12.6. The smallest absolute Gasteiger partial charge is 0.244 e. The summed E-state index contributed by atoms with van der Waals surface area (Å²) in [6, 6.07) is 7.15. The Kier molecular flexibility index (Phi) is 4.11. The number of nitrogens with zero attached hydrogens (tertiary/aromatic N) is 1. The van der Waals surface area contributed by atoms with E-state index in [4.69, 9.17) is 0 Å². The lowest BCUT2D eigenvalue weighted by Crippen LogP contribution is -2.63. The Bertz CT molecular complexity index is 725. The normalized spacial score (nSPS) is 21.7. The van der Waals surface area contributed by atoms with Gasteiger partial charge < -0.3 is 15.2 Å². The molecule has 2 heterocycles. The average molecular weight is 317 g/mol. The first-order chi connectivity index (χ1) is 10.6. The molecule has 0 bridgehead atoms. The second-order valence-electron chi connectivity index (χ2n) is 5.56. The molecule has 3 rings (SSSR count). The van der Waals surface area contributed by atoms with Crippen molar-refractivity contribution in [2.24, 2.45) is 7.05 Å². The van der Waals surface area contributed by atoms with Crippen LogP contribution in [0, 0.1) is 0 Å². The maximum absolute atomic E-state index is 12.2. The van der Waals surface area contributed by atoms with Gasteiger partial charge in [-0.1, -0.05) is 18.2 Å². The Balaban J connectivity index is 1.81. The number of piperazine rings is 1. The average Bonchev–Trinajstić information content (AvgIpc) is 2.82. The van der Waals surface area contributed by atoms with Gasteiger partial charge in [0.25, 0.3) is 0 Å². The van der Waals surface area contributed by atoms with Gasteiger partial charge in [-0.2, -0.15) is 11.8 Å². The molecule has 116 valence electrons. The number of thioether (sulfide) groups is 1. The molecule has 2 aromatic rings. The molecular weight excluding hydrogens is 298 g/mol. The molecule has 1 aromatic carbocycles. The molecule has 1 aliphatic heterocycles. The van der Waals surface area contributed by atoms with E-state index >= 15 is 0 Å². The van der Waals surface area contributed by atoms with Crippen molar-refractivity contribution in [3.8, 4) is 0 Å². The van der Waals surface area contributed by atoms with E-state index in [9.17, 15) is 9.59 Å². The van der Waals surface area contributed by atoms with E-state index in [0.29, 0.717) is 12.2 Å². The second kappa shape index (κ2) is 6.04. The van der Waals surface area contributed by atoms with Gasteiger partial charge in [0.2, 0.25) is 11.8 Å². The minimum absolute atomic E-state index is 0.0980. The minimum atomic E-state index is -0.503. The van der Waals surface area contributed by atoms with Crippen LogP contribution in [0.4, 0.5) is 0 Å². The Morgan fingerprint density at radius 1 is 1.14 bits per heavy atom. The third-order valence-electron chi connectivity index (χ3n) is 4.00. The van der Waals surface area contributed by atoms with Crippen LogP contribution in [0.25, 0.3) is 10.9 Å². The second-order valence-corrected chi connectivity index (χ2v) is 6.47. The number of hydrogen-bond acceptors (Lipinski definition) is 3. The number of benzene rings is 1. The van der Waals surface area contributed by atoms with Crippen LogP contribution in [0.2, 0.25) is 0 Å². The lowest BCUT2D eigenvalue weighted by molar-refractivity contribution is -0.136. The summed E-state index contributed by atoms with van der Waals surface area (Å²) < 4.78 is 2.05. The lowest BCUT2D eigenvalue weighted by atomic mass is 10.0. The highest BCUT2D eigenvalue weighted by Gasteiger charge is 2.33. The molecule has 5 nitrogen and oxygen atoms in total. The number of aryl methyl sites for hydroxylation is 1. The summed E-state index contributed by atoms with van der Waals surface area (Å²) >= 11 is 1.55. The molecule has 0 aliphatic carbocycles. The zero-order valence-corrected chi connectivity index (χ0v) is 13.4. The fourth-order valence-electron chi connectivity index (χ4n) is 2.91. The molecule has 0 spiro atoms. The molecule has 1 saturated heterocycles. The van der Waals surface area contributed by atoms with Gasteiger partial charge in [0, 0.05) is 36.3 Å². The van der Waals surface area contributed by atoms with Crippen molar-refractivity contribution >= 4 is 34.5 Å². The molecule has 1 aromatic heterocycles. The predicted molar refractivity (Wildman–Crippen MR) is 88.9 cm³/mol. The van der Waals surface area contributed by atoms with Gasteiger partial charge in [-0.15, -0.1) is 0 Å². The first-order valence-corrected chi connectivity index (χ1v) is 8.62. The van der Waals surface area contributed by atoms with E-state index < -0.39 is 12.1 Å². The number of nitrogens with one attached hydrogen (secondary N) is 2. The quantitative estimate of drug-likeness (QED) is 0.886. The molecule has 6 heteroatoms. The molecular formula is C16H19N3O2S. The van der Waals surface area contributed by atoms with Crippen LogP contribution in [0.3, 0.4) is 0 Å². The van der Waals surface area contributed by atoms with Crippen molar-refractivity contribution < 1.29 is 9.59 Å². The van der Waals surface area contributed by atoms with E-state index in [1.54, 1.807) is 11.8 Å². The molecule has 0 radical (unpaired) electrons. The van der Waals surface area contributed by atoms with Crippen molar-refractivity contribution in [1.82, 2.24) is 15.2 Å². The van der Waals surface area contributed by atoms with Crippen molar-refractivity contribution in [1.29, 1.82) is 0 Å². The van der Waals surface area contributed by atoms with Crippen molar-refractivity contribution in [2.75, 3.05) is 12.0 Å². The summed E-state index contributed by atoms with van der Waals surface area (Å²) in [5.74, 6) is 0.393. The maximum atomic E-state index is 12.2. The summed E-state index contributed by atoms with van der Waals surface area (Å²) in [4.78, 5) is 24.3. The van der Waals surface area contributed by atoms with Gasteiger partial charge in [-0.05, 0) is 17.9 Å². The number of carbonyl (C=O) groups is 2. The van der Waals surface area contributed by atoms with Crippen LogP contribution in [0.5, 0.6) is 0 Å². The summed E-state index contributed by atoms with van der Waals surface area (Å²) in [5, 5.41) is 6.79. The van der Waals surface area contributed by atoms with Crippen LogP contribution >= 0.6 is 11.8 Å². The highest BCUT2D eigenvalue weighted by molar-refractivity contribution is 7.98. The molecule has 1 fully saturated rings. The largest absolute Gasteiger partial charge is 0.350 e. The summed E-state index contributed by atoms with van der Waals surface area (Å²) in [5.41, 5.74) is 2.20. The number of carbonyl (C=O) groups excluding carboxylic acids is 2. The van der Waals surface area contributed by atoms with E-state index in [0.717, 1.165) is 16.5 Å². The number of para-hydroxylation sites is 1. The van der Waals surface area contributed by atoms with Gasteiger partial charge >= 0.3 is 0 Å². The zero-order chi connectivity index (χ0) is 15.7. The number of aromatic nitrogens is 1. The molecule has 2 amide bonds. The van der Waals surface area contributed by atoms with E-state index in [1.165, 1.54) is 0 Å². The Hall–Kier alpha value is -1.95. The monoisotopic (exact) mass is 317 g/mol. The van der Waals surface area contributed by atoms with Gasteiger partial charge in [0.1, 0.15) is 12.1 Å². The predicted octanol–water partition coefficient (Wildman–Crippen LogP) is 1.07. The molecule has 0 saturated carbocycles. The van der Waals surface area contributed by atoms with E-state index in [2.05, 4.69) is 10.6 Å². The standard InChI is InChI=1S/C16H19N3O2S/c1-19-8-10(11-5-3-4-6-14(11)19)7-12-15(20)18-13(9-22-2)16(21)17-12/h3-6,8,12-13H,7,9H2,1-2H3,(H,17,21)(H,18,20)/t12-,13-/m0/s1. The first-order valence-electron chi connectivity index (χ1n) is 7.22. The maximum Gasteiger partial charge on any atom is 0.244 e. The van der Waals surface area contributed by atoms with Crippen LogP contribution in [0.1, 0.15) is 5.56 Å². The Labute approximate surface area is 133 Å². The Morgan fingerprint density at radius 2 is 1.82 bits per heavy atom. The lowest BCUT2D eigenvalue weighted by Gasteiger charge is -2.29. The van der Waals surface area contributed by atoms with Gasteiger partial charge in [-0.3, -0.25) is 9.59 Å². The highest BCUT2D eigenvalue weighted by Crippen LogP contribution is 2.22.